The highest BCUT2D eigenvalue weighted by Gasteiger charge is 2.27. The first-order chi connectivity index (χ1) is 13.1. The molecule has 0 unspecified atom stereocenters. The normalized spacial score (nSPS) is 16.2. The molecule has 0 aliphatic carbocycles. The first kappa shape index (κ1) is 19.9. The number of benzene rings is 1. The Balaban J connectivity index is 1.73. The number of rotatable bonds is 5. The van der Waals surface area contributed by atoms with Gasteiger partial charge in [0.15, 0.2) is 5.84 Å². The van der Waals surface area contributed by atoms with Gasteiger partial charge in [0.2, 0.25) is 0 Å². The molecule has 1 aliphatic rings. The first-order valence-corrected chi connectivity index (χ1v) is 9.99. The number of nitrogens with two attached hydrogens (primary N) is 1. The number of carbonyl (C=O) groups excluding carboxylic acids is 1. The SMILES string of the molecule is Cc1cc(C(=O)NC(C)(C)COc2cccc3c2C(N)=NS(O)(O)N3)ccn1. The highest BCUT2D eigenvalue weighted by atomic mass is 32.3. The second-order valence-electron chi connectivity index (χ2n) is 7.09. The van der Waals surface area contributed by atoms with Gasteiger partial charge in [0.1, 0.15) is 12.4 Å². The number of amides is 1. The summed E-state index contributed by atoms with van der Waals surface area (Å²) in [6.07, 6.45) is 1.59. The van der Waals surface area contributed by atoms with Gasteiger partial charge < -0.3 is 15.8 Å². The van der Waals surface area contributed by atoms with E-state index in [4.69, 9.17) is 10.5 Å². The molecule has 1 amide bonds. The maximum atomic E-state index is 12.5. The van der Waals surface area contributed by atoms with Crippen molar-refractivity contribution in [1.82, 2.24) is 10.3 Å². The van der Waals surface area contributed by atoms with E-state index in [9.17, 15) is 13.9 Å². The average Bonchev–Trinajstić information content (AvgIpc) is 2.58. The summed E-state index contributed by atoms with van der Waals surface area (Å²) in [6, 6.07) is 8.40. The van der Waals surface area contributed by atoms with Crippen LogP contribution in [-0.4, -0.2) is 38.0 Å². The smallest absolute Gasteiger partial charge is 0.251 e. The quantitative estimate of drug-likeness (QED) is 0.515. The molecular weight excluding hydrogens is 382 g/mol. The standard InChI is InChI=1S/C18H23N5O4S/c1-11-9-12(7-8-20-11)17(24)21-18(2,3)10-27-14-6-4-5-13-15(14)16(19)23-28(25,26)22-13/h4-9,22,25-26H,10H2,1-3H3,(H2,19,23)(H,21,24). The number of hydrogen-bond acceptors (Lipinski definition) is 8. The van der Waals surface area contributed by atoms with Crippen LogP contribution in [0.2, 0.25) is 0 Å². The Bertz CT molecular complexity index is 945. The van der Waals surface area contributed by atoms with Crippen LogP contribution < -0.4 is 20.5 Å². The zero-order chi connectivity index (χ0) is 20.5. The van der Waals surface area contributed by atoms with Crippen molar-refractivity contribution in [2.45, 2.75) is 26.3 Å². The van der Waals surface area contributed by atoms with E-state index in [1.807, 2.05) is 20.8 Å². The van der Waals surface area contributed by atoms with E-state index in [0.717, 1.165) is 5.69 Å². The molecule has 0 radical (unpaired) electrons. The van der Waals surface area contributed by atoms with Crippen molar-refractivity contribution in [2.24, 2.45) is 10.1 Å². The largest absolute Gasteiger partial charge is 0.490 e. The Morgan fingerprint density at radius 1 is 1.36 bits per heavy atom. The van der Waals surface area contributed by atoms with E-state index < -0.39 is 16.5 Å². The molecule has 0 saturated heterocycles. The number of pyridine rings is 1. The number of aromatic nitrogens is 1. The van der Waals surface area contributed by atoms with E-state index in [2.05, 4.69) is 19.4 Å². The van der Waals surface area contributed by atoms with Gasteiger partial charge in [-0.3, -0.25) is 23.6 Å². The highest BCUT2D eigenvalue weighted by Crippen LogP contribution is 2.46. The lowest BCUT2D eigenvalue weighted by Crippen LogP contribution is -2.48. The van der Waals surface area contributed by atoms with Crippen molar-refractivity contribution < 1.29 is 18.6 Å². The third-order valence-corrected chi connectivity index (χ3v) is 4.90. The van der Waals surface area contributed by atoms with Crippen LogP contribution in [0.4, 0.5) is 5.69 Å². The van der Waals surface area contributed by atoms with Crippen LogP contribution in [0.25, 0.3) is 0 Å². The van der Waals surface area contributed by atoms with Crippen LogP contribution in [0.1, 0.15) is 35.5 Å². The van der Waals surface area contributed by atoms with E-state index in [-0.39, 0.29) is 18.3 Å². The second-order valence-corrected chi connectivity index (χ2v) is 8.51. The topological polar surface area (TPSA) is 142 Å². The number of ether oxygens (including phenoxy) is 1. The lowest BCUT2D eigenvalue weighted by molar-refractivity contribution is 0.0880. The molecule has 0 spiro atoms. The lowest BCUT2D eigenvalue weighted by atomic mass is 10.1. The Labute approximate surface area is 164 Å². The lowest BCUT2D eigenvalue weighted by Gasteiger charge is -2.34. The van der Waals surface area contributed by atoms with E-state index in [0.29, 0.717) is 22.6 Å². The van der Waals surface area contributed by atoms with Gasteiger partial charge in [0.25, 0.3) is 5.91 Å². The number of nitrogens with zero attached hydrogens (tertiary/aromatic N) is 2. The fourth-order valence-corrected chi connectivity index (χ4v) is 3.59. The molecule has 1 aromatic carbocycles. The van der Waals surface area contributed by atoms with Gasteiger partial charge in [-0.1, -0.05) is 6.07 Å². The van der Waals surface area contributed by atoms with Gasteiger partial charge in [-0.2, -0.15) is 0 Å². The van der Waals surface area contributed by atoms with Gasteiger partial charge in [-0.15, -0.1) is 4.40 Å². The van der Waals surface area contributed by atoms with Gasteiger partial charge in [0.05, 0.1) is 16.8 Å². The summed E-state index contributed by atoms with van der Waals surface area (Å²) in [7, 11) is -3.36. The summed E-state index contributed by atoms with van der Waals surface area (Å²) in [5, 5.41) is 2.93. The molecule has 6 N–H and O–H groups in total. The minimum Gasteiger partial charge on any atom is -0.490 e. The van der Waals surface area contributed by atoms with Crippen LogP contribution in [-0.2, 0) is 0 Å². The van der Waals surface area contributed by atoms with Crippen LogP contribution in [0.3, 0.4) is 0 Å². The number of hydrogen-bond donors (Lipinski definition) is 5. The summed E-state index contributed by atoms with van der Waals surface area (Å²) in [5.74, 6) is 0.160. The average molecular weight is 405 g/mol. The number of amidine groups is 1. The number of fused-ring (bicyclic) bond motifs is 1. The number of carbonyl (C=O) groups is 1. The molecule has 150 valence electrons. The van der Waals surface area contributed by atoms with Crippen LogP contribution in [0.5, 0.6) is 5.75 Å². The predicted molar refractivity (Wildman–Crippen MR) is 110 cm³/mol. The zero-order valence-electron chi connectivity index (χ0n) is 15.8. The molecule has 10 heteroatoms. The molecule has 3 rings (SSSR count). The molecule has 9 nitrogen and oxygen atoms in total. The second kappa shape index (κ2) is 7.30. The molecule has 2 heterocycles. The maximum absolute atomic E-state index is 12.5. The van der Waals surface area contributed by atoms with Gasteiger partial charge in [-0.05, 0) is 56.0 Å². The van der Waals surface area contributed by atoms with Crippen LogP contribution in [0, 0.1) is 6.92 Å². The van der Waals surface area contributed by atoms with Gasteiger partial charge in [-0.25, -0.2) is 0 Å². The van der Waals surface area contributed by atoms with Crippen molar-refractivity contribution in [3.8, 4) is 5.75 Å². The number of nitrogens with one attached hydrogen (secondary N) is 2. The van der Waals surface area contributed by atoms with Gasteiger partial charge >= 0.3 is 0 Å². The predicted octanol–water partition coefficient (Wildman–Crippen LogP) is 2.69. The Morgan fingerprint density at radius 3 is 2.82 bits per heavy atom. The summed E-state index contributed by atoms with van der Waals surface area (Å²) in [4.78, 5) is 16.6. The number of anilines is 1. The van der Waals surface area contributed by atoms with Crippen LogP contribution >= 0.6 is 11.0 Å². The molecule has 28 heavy (non-hydrogen) atoms. The third kappa shape index (κ3) is 4.53. The van der Waals surface area contributed by atoms with Gasteiger partial charge in [0, 0.05) is 17.5 Å². The Kier molecular flexibility index (Phi) is 5.20. The molecule has 0 atom stereocenters. The van der Waals surface area contributed by atoms with Crippen molar-refractivity contribution in [3.63, 3.8) is 0 Å². The maximum Gasteiger partial charge on any atom is 0.251 e. The number of aryl methyl sites for hydroxylation is 1. The zero-order valence-corrected chi connectivity index (χ0v) is 16.6. The minimum atomic E-state index is -3.36. The summed E-state index contributed by atoms with van der Waals surface area (Å²) in [5.41, 5.74) is 7.33. The highest BCUT2D eigenvalue weighted by molar-refractivity contribution is 8.24. The fraction of sp³-hybridized carbons (Fsp3) is 0.278. The first-order valence-electron chi connectivity index (χ1n) is 8.49. The molecule has 2 aromatic rings. The van der Waals surface area contributed by atoms with E-state index in [1.54, 1.807) is 36.5 Å². The van der Waals surface area contributed by atoms with Crippen molar-refractivity contribution >= 4 is 28.4 Å². The molecule has 1 aromatic heterocycles. The van der Waals surface area contributed by atoms with Crippen LogP contribution in [0.15, 0.2) is 40.9 Å². The van der Waals surface area contributed by atoms with E-state index in [1.165, 1.54) is 0 Å². The fourth-order valence-electron chi connectivity index (χ4n) is 2.71. The molecule has 0 bridgehead atoms. The van der Waals surface area contributed by atoms with E-state index >= 15 is 0 Å². The summed E-state index contributed by atoms with van der Waals surface area (Å²) in [6.45, 7) is 5.64. The monoisotopic (exact) mass is 405 g/mol. The molecule has 0 fully saturated rings. The summed E-state index contributed by atoms with van der Waals surface area (Å²) < 4.78 is 31.6. The Morgan fingerprint density at radius 2 is 2.11 bits per heavy atom. The molecule has 0 saturated carbocycles. The Hall–Kier alpha value is -2.82. The molecular formula is C18H23N5O4S. The summed E-state index contributed by atoms with van der Waals surface area (Å²) >= 11 is 0. The van der Waals surface area contributed by atoms with Crippen molar-refractivity contribution in [2.75, 3.05) is 11.3 Å². The minimum absolute atomic E-state index is 0.0292. The molecule has 1 aliphatic heterocycles. The van der Waals surface area contributed by atoms with Crippen molar-refractivity contribution in [3.05, 3.63) is 53.3 Å². The third-order valence-electron chi connectivity index (χ3n) is 3.95. The van der Waals surface area contributed by atoms with Crippen molar-refractivity contribution in [1.29, 1.82) is 0 Å².